The summed E-state index contributed by atoms with van der Waals surface area (Å²) in [5.74, 6) is -0.0967. The second-order valence-electron chi connectivity index (χ2n) is 10.2. The summed E-state index contributed by atoms with van der Waals surface area (Å²) in [5, 5.41) is 9.75. The Morgan fingerprint density at radius 3 is 2.83 bits per heavy atom. The molecule has 0 bridgehead atoms. The summed E-state index contributed by atoms with van der Waals surface area (Å²) in [6, 6.07) is 11.6. The first-order chi connectivity index (χ1) is 19.4. The molecular weight excluding hydrogens is 537 g/mol. The molecule has 2 aliphatic heterocycles. The Kier molecular flexibility index (Phi) is 7.64. The lowest BCUT2D eigenvalue weighted by Crippen LogP contribution is -2.33. The Morgan fingerprint density at radius 2 is 2.05 bits per heavy atom. The number of imidazole rings is 1. The second kappa shape index (κ2) is 11.5. The molecule has 1 saturated heterocycles. The number of aromatic carboxylic acids is 1. The van der Waals surface area contributed by atoms with Crippen molar-refractivity contribution < 1.29 is 23.8 Å². The van der Waals surface area contributed by atoms with E-state index in [-0.39, 0.29) is 18.4 Å². The van der Waals surface area contributed by atoms with Gasteiger partial charge in [0.15, 0.2) is 11.3 Å². The molecule has 0 unspecified atom stereocenters. The summed E-state index contributed by atoms with van der Waals surface area (Å²) < 4.78 is 27.6. The predicted molar refractivity (Wildman–Crippen MR) is 146 cm³/mol. The zero-order chi connectivity index (χ0) is 27.6. The van der Waals surface area contributed by atoms with Crippen molar-refractivity contribution in [2.75, 3.05) is 19.7 Å². The van der Waals surface area contributed by atoms with Crippen LogP contribution in [0.2, 0.25) is 5.02 Å². The fourth-order valence-corrected chi connectivity index (χ4v) is 5.31. The van der Waals surface area contributed by atoms with Gasteiger partial charge in [-0.2, -0.15) is 0 Å². The van der Waals surface area contributed by atoms with E-state index >= 15 is 0 Å². The van der Waals surface area contributed by atoms with Crippen LogP contribution >= 0.6 is 11.6 Å². The number of halogens is 2. The predicted octanol–water partition coefficient (Wildman–Crippen LogP) is 4.68. The quantitative estimate of drug-likeness (QED) is 0.296. The number of nitrogens with zero attached hydrogens (tertiary/aromatic N) is 5. The number of rotatable bonds is 10. The van der Waals surface area contributed by atoms with E-state index in [1.54, 1.807) is 18.2 Å². The van der Waals surface area contributed by atoms with E-state index in [1.807, 2.05) is 16.7 Å². The van der Waals surface area contributed by atoms with Gasteiger partial charge in [-0.15, -0.1) is 0 Å². The average molecular weight is 566 g/mol. The van der Waals surface area contributed by atoms with Gasteiger partial charge >= 0.3 is 5.97 Å². The highest BCUT2D eigenvalue weighted by atomic mass is 35.5. The lowest BCUT2D eigenvalue weighted by molar-refractivity contribution is -0.0590. The number of hydrogen-bond acceptors (Lipinski definition) is 7. The smallest absolute Gasteiger partial charge is 0.354 e. The highest BCUT2D eigenvalue weighted by molar-refractivity contribution is 6.30. The number of aromatic nitrogens is 4. The van der Waals surface area contributed by atoms with Crippen LogP contribution in [0.5, 0.6) is 5.88 Å². The fraction of sp³-hybridized carbons (Fsp3) is 0.379. The van der Waals surface area contributed by atoms with Gasteiger partial charge in [0.25, 0.3) is 0 Å². The van der Waals surface area contributed by atoms with Gasteiger partial charge in [-0.05, 0) is 55.6 Å². The van der Waals surface area contributed by atoms with Gasteiger partial charge in [-0.1, -0.05) is 23.7 Å². The number of carboxylic acid groups (broad SMARTS) is 1. The van der Waals surface area contributed by atoms with E-state index in [0.29, 0.717) is 40.7 Å². The van der Waals surface area contributed by atoms with E-state index in [1.165, 1.54) is 17.7 Å². The highest BCUT2D eigenvalue weighted by Crippen LogP contribution is 2.24. The molecule has 0 radical (unpaired) electrons. The number of hydrogen-bond donors (Lipinski definition) is 1. The molecule has 6 rings (SSSR count). The van der Waals surface area contributed by atoms with Crippen LogP contribution in [-0.2, 0) is 37.3 Å². The van der Waals surface area contributed by atoms with Crippen molar-refractivity contribution in [3.63, 3.8) is 0 Å². The Labute approximate surface area is 235 Å². The van der Waals surface area contributed by atoms with E-state index in [2.05, 4.69) is 9.88 Å². The van der Waals surface area contributed by atoms with Crippen molar-refractivity contribution in [2.24, 2.45) is 0 Å². The molecule has 0 amide bonds. The summed E-state index contributed by atoms with van der Waals surface area (Å²) in [5.41, 5.74) is 3.89. The third-order valence-electron chi connectivity index (χ3n) is 7.45. The number of pyridine rings is 2. The third kappa shape index (κ3) is 5.79. The SMILES string of the molecule is O=C(O)c1ccc2nc(CCCN3CCc4ccc(OCc5ccc(Cl)cc5F)nc4C3)n(C[C@@H]3CCO3)c2n1. The largest absolute Gasteiger partial charge is 0.477 e. The van der Waals surface area contributed by atoms with Gasteiger partial charge in [0.1, 0.15) is 23.8 Å². The summed E-state index contributed by atoms with van der Waals surface area (Å²) in [6.45, 7) is 3.94. The number of ether oxygens (including phenoxy) is 2. The molecule has 1 atom stereocenters. The molecule has 5 heterocycles. The molecule has 1 fully saturated rings. The highest BCUT2D eigenvalue weighted by Gasteiger charge is 2.24. The minimum Gasteiger partial charge on any atom is -0.477 e. The third-order valence-corrected chi connectivity index (χ3v) is 7.68. The normalized spacial score (nSPS) is 17.0. The van der Waals surface area contributed by atoms with E-state index in [4.69, 9.17) is 31.0 Å². The van der Waals surface area contributed by atoms with Gasteiger partial charge in [0.05, 0.1) is 18.3 Å². The van der Waals surface area contributed by atoms with Gasteiger partial charge in [-0.3, -0.25) is 4.90 Å². The van der Waals surface area contributed by atoms with Crippen LogP contribution in [0.15, 0.2) is 42.5 Å². The maximum atomic E-state index is 14.1. The van der Waals surface area contributed by atoms with Gasteiger partial charge in [-0.25, -0.2) is 24.1 Å². The summed E-state index contributed by atoms with van der Waals surface area (Å²) in [6.07, 6.45) is 3.58. The first-order valence-electron chi connectivity index (χ1n) is 13.4. The topological polar surface area (TPSA) is 103 Å². The molecule has 9 nitrogen and oxygen atoms in total. The maximum absolute atomic E-state index is 14.1. The number of carboxylic acids is 1. The second-order valence-corrected chi connectivity index (χ2v) is 10.6. The van der Waals surface area contributed by atoms with Crippen LogP contribution in [0.1, 0.15) is 46.0 Å². The van der Waals surface area contributed by atoms with Crippen LogP contribution in [0, 0.1) is 5.82 Å². The summed E-state index contributed by atoms with van der Waals surface area (Å²) >= 11 is 5.84. The van der Waals surface area contributed by atoms with E-state index < -0.39 is 11.8 Å². The van der Waals surface area contributed by atoms with Crippen LogP contribution in [0.25, 0.3) is 11.2 Å². The number of benzene rings is 1. The van der Waals surface area contributed by atoms with Crippen molar-refractivity contribution >= 4 is 28.7 Å². The lowest BCUT2D eigenvalue weighted by Gasteiger charge is -2.28. The van der Waals surface area contributed by atoms with Crippen molar-refractivity contribution in [1.29, 1.82) is 0 Å². The Morgan fingerprint density at radius 1 is 1.18 bits per heavy atom. The molecular formula is C29H29ClFN5O4. The molecule has 4 aromatic rings. The molecule has 1 aromatic carbocycles. The Bertz CT molecular complexity index is 1560. The molecule has 208 valence electrons. The van der Waals surface area contributed by atoms with Gasteiger partial charge < -0.3 is 19.1 Å². The van der Waals surface area contributed by atoms with E-state index in [9.17, 15) is 14.3 Å². The first-order valence-corrected chi connectivity index (χ1v) is 13.8. The van der Waals surface area contributed by atoms with E-state index in [0.717, 1.165) is 56.9 Å². The first kappa shape index (κ1) is 26.6. The van der Waals surface area contributed by atoms with Crippen LogP contribution in [0.3, 0.4) is 0 Å². The zero-order valence-corrected chi connectivity index (χ0v) is 22.6. The van der Waals surface area contributed by atoms with Crippen molar-refractivity contribution in [1.82, 2.24) is 24.4 Å². The number of aryl methyl sites for hydroxylation is 1. The number of carbonyl (C=O) groups is 1. The summed E-state index contributed by atoms with van der Waals surface area (Å²) in [4.78, 5) is 27.7. The molecule has 1 N–H and O–H groups in total. The zero-order valence-electron chi connectivity index (χ0n) is 21.9. The summed E-state index contributed by atoms with van der Waals surface area (Å²) in [7, 11) is 0. The Hall–Kier alpha value is -3.60. The molecule has 40 heavy (non-hydrogen) atoms. The monoisotopic (exact) mass is 565 g/mol. The molecule has 0 aliphatic carbocycles. The van der Waals surface area contributed by atoms with Crippen LogP contribution in [0.4, 0.5) is 4.39 Å². The van der Waals surface area contributed by atoms with Gasteiger partial charge in [0.2, 0.25) is 5.88 Å². The molecule has 3 aromatic heterocycles. The minimum absolute atomic E-state index is 0.0101. The molecule has 2 aliphatic rings. The number of fused-ring (bicyclic) bond motifs is 2. The average Bonchev–Trinajstić information content (AvgIpc) is 3.26. The maximum Gasteiger partial charge on any atom is 0.354 e. The molecule has 0 saturated carbocycles. The van der Waals surface area contributed by atoms with Crippen molar-refractivity contribution in [2.45, 2.75) is 51.5 Å². The van der Waals surface area contributed by atoms with Crippen LogP contribution < -0.4 is 4.74 Å². The van der Waals surface area contributed by atoms with Gasteiger partial charge in [0, 0.05) is 42.8 Å². The molecule has 11 heteroatoms. The fourth-order valence-electron chi connectivity index (χ4n) is 5.15. The van der Waals surface area contributed by atoms with Crippen LogP contribution in [-0.4, -0.2) is 61.3 Å². The van der Waals surface area contributed by atoms with Crippen molar-refractivity contribution in [3.05, 3.63) is 81.6 Å². The standard InChI is InChI=1S/C29H29ClFN5O4/c30-20-5-3-19(22(31)14-20)17-40-27-8-4-18-9-12-35(16-25(18)33-27)11-1-2-26-32-23-6-7-24(29(37)38)34-28(23)36(26)15-21-10-13-39-21/h3-8,14,21H,1-2,9-13,15-17H2,(H,37,38)/t21-/m0/s1. The van der Waals surface area contributed by atoms with Crippen molar-refractivity contribution in [3.8, 4) is 5.88 Å². The lowest BCUT2D eigenvalue weighted by atomic mass is 10.0. The Balaban J connectivity index is 1.09. The molecule has 0 spiro atoms. The minimum atomic E-state index is -1.05.